The molecule has 0 aromatic heterocycles. The van der Waals surface area contributed by atoms with Gasteiger partial charge in [0.1, 0.15) is 16.7 Å². The van der Waals surface area contributed by atoms with E-state index in [1.54, 1.807) is 0 Å². The van der Waals surface area contributed by atoms with Crippen molar-refractivity contribution in [3.8, 4) is 5.75 Å². The van der Waals surface area contributed by atoms with Crippen LogP contribution >= 0.6 is 11.6 Å². The number of rotatable bonds is 16. The Hall–Kier alpha value is -2.70. The fraction of sp³-hybridized carbons (Fsp3) is 0.689. The van der Waals surface area contributed by atoms with Crippen molar-refractivity contribution in [2.75, 3.05) is 70.5 Å². The Morgan fingerprint density at radius 1 is 1.05 bits per heavy atom. The van der Waals surface area contributed by atoms with E-state index in [2.05, 4.69) is 71.9 Å². The monoisotopic (exact) mass is 827 g/mol. The van der Waals surface area contributed by atoms with Crippen molar-refractivity contribution in [2.24, 2.45) is 23.7 Å². The van der Waals surface area contributed by atoms with Crippen molar-refractivity contribution in [3.63, 3.8) is 0 Å². The molecule has 0 spiro atoms. The van der Waals surface area contributed by atoms with Gasteiger partial charge in [-0.1, -0.05) is 44.4 Å². The summed E-state index contributed by atoms with van der Waals surface area (Å²) in [5.74, 6) is 2.40. The molecule has 3 N–H and O–H groups in total. The lowest BCUT2D eigenvalue weighted by Crippen LogP contribution is -2.46. The Bertz CT molecular complexity index is 1620. The molecule has 2 amide bonds. The molecule has 0 radical (unpaired) electrons. The van der Waals surface area contributed by atoms with Crippen LogP contribution in [0.4, 0.5) is 5.69 Å². The summed E-state index contributed by atoms with van der Waals surface area (Å²) in [5.41, 5.74) is 3.83. The van der Waals surface area contributed by atoms with Crippen molar-refractivity contribution in [2.45, 2.75) is 110 Å². The van der Waals surface area contributed by atoms with Crippen LogP contribution in [0.15, 0.2) is 36.4 Å². The van der Waals surface area contributed by atoms with Gasteiger partial charge in [0.25, 0.3) is 5.91 Å². The molecule has 2 aromatic carbocycles. The molecule has 2 aliphatic heterocycles. The zero-order valence-electron chi connectivity index (χ0n) is 35.5. The van der Waals surface area contributed by atoms with Gasteiger partial charge in [-0.05, 0) is 131 Å². The largest absolute Gasteiger partial charge is 0.491 e. The number of amides is 2. The maximum atomic E-state index is 13.6. The standard InChI is InChI=1S/C45H70ClN5O5S/c1-7-10-34-25-39(46)15-17-40(34)38-29-51-28-37-13-16-41(37)36(27-50(22-9-24-56-45(4,5)6)23-21-47-19-20-48-31-52)12-8-11-32(2)33(3)57(54)49-44(53)35-14-18-43(55-30-38)42(51)26-35/h14-15,17-18,25-26,31-33,36-38,41,47H,7-13,16,19-24,27-30H2,1-6H3,(H,48,52)(H,49,53). The summed E-state index contributed by atoms with van der Waals surface area (Å²) in [5, 5.41) is 6.86. The van der Waals surface area contributed by atoms with Crippen LogP contribution in [-0.2, 0) is 26.9 Å². The van der Waals surface area contributed by atoms with E-state index < -0.39 is 11.0 Å². The van der Waals surface area contributed by atoms with Crippen LogP contribution in [-0.4, -0.2) is 97.8 Å². The first-order valence-electron chi connectivity index (χ1n) is 21.6. The fourth-order valence-corrected chi connectivity index (χ4v) is 10.1. The minimum Gasteiger partial charge on any atom is -0.491 e. The number of nitrogens with zero attached hydrogens (tertiary/aromatic N) is 2. The molecule has 7 unspecified atom stereocenters. The molecule has 0 saturated heterocycles. The van der Waals surface area contributed by atoms with Crippen molar-refractivity contribution in [1.82, 2.24) is 20.3 Å². The van der Waals surface area contributed by atoms with Gasteiger partial charge in [0.05, 0.1) is 23.1 Å². The average molecular weight is 829 g/mol. The predicted molar refractivity (Wildman–Crippen MR) is 234 cm³/mol. The molecule has 12 heteroatoms. The zero-order valence-corrected chi connectivity index (χ0v) is 37.0. The summed E-state index contributed by atoms with van der Waals surface area (Å²) in [7, 11) is -1.51. The van der Waals surface area contributed by atoms with Gasteiger partial charge in [0.15, 0.2) is 0 Å². The molecule has 2 bridgehead atoms. The first-order chi connectivity index (χ1) is 27.4. The smallest absolute Gasteiger partial charge is 0.263 e. The van der Waals surface area contributed by atoms with Gasteiger partial charge < -0.3 is 29.9 Å². The van der Waals surface area contributed by atoms with Gasteiger partial charge in [0.2, 0.25) is 6.41 Å². The van der Waals surface area contributed by atoms with E-state index in [1.807, 2.05) is 31.2 Å². The lowest BCUT2D eigenvalue weighted by atomic mass is 9.65. The lowest BCUT2D eigenvalue weighted by molar-refractivity contribution is -0.109. The highest BCUT2D eigenvalue weighted by Crippen LogP contribution is 2.45. The molecule has 1 saturated carbocycles. The van der Waals surface area contributed by atoms with Crippen molar-refractivity contribution in [3.05, 3.63) is 58.1 Å². The molecule has 57 heavy (non-hydrogen) atoms. The first kappa shape index (κ1) is 45.4. The van der Waals surface area contributed by atoms with Crippen LogP contribution in [0.25, 0.3) is 0 Å². The van der Waals surface area contributed by atoms with Gasteiger partial charge in [-0.25, -0.2) is 4.21 Å². The van der Waals surface area contributed by atoms with Gasteiger partial charge >= 0.3 is 0 Å². The molecule has 7 atom stereocenters. The van der Waals surface area contributed by atoms with Gasteiger partial charge in [-0.15, -0.1) is 0 Å². The van der Waals surface area contributed by atoms with Crippen molar-refractivity contribution in [1.29, 1.82) is 0 Å². The van der Waals surface area contributed by atoms with Crippen molar-refractivity contribution >= 4 is 40.6 Å². The number of hydrogen-bond donors (Lipinski definition) is 3. The third kappa shape index (κ3) is 13.4. The molecule has 3 aliphatic rings. The van der Waals surface area contributed by atoms with Crippen LogP contribution in [0.2, 0.25) is 5.02 Å². The molecule has 10 nitrogen and oxygen atoms in total. The number of fused-ring (bicyclic) bond motifs is 2. The summed E-state index contributed by atoms with van der Waals surface area (Å²) >= 11 is 6.52. The number of benzene rings is 2. The van der Waals surface area contributed by atoms with Gasteiger partial charge in [0, 0.05) is 75.5 Å². The minimum absolute atomic E-state index is 0.128. The number of ether oxygens (including phenoxy) is 2. The number of carbonyl (C=O) groups is 2. The average Bonchev–Trinajstić information content (AvgIpc) is 3.34. The maximum Gasteiger partial charge on any atom is 0.263 e. The maximum absolute atomic E-state index is 13.6. The van der Waals surface area contributed by atoms with E-state index in [1.165, 1.54) is 24.0 Å². The number of anilines is 1. The molecular weight excluding hydrogens is 758 g/mol. The van der Waals surface area contributed by atoms with Crippen LogP contribution in [0.1, 0.15) is 114 Å². The molecule has 2 aromatic rings. The molecule has 1 fully saturated rings. The van der Waals surface area contributed by atoms with E-state index >= 15 is 0 Å². The topological polar surface area (TPSA) is 112 Å². The van der Waals surface area contributed by atoms with Crippen LogP contribution in [0, 0.1) is 23.7 Å². The van der Waals surface area contributed by atoms with Crippen LogP contribution in [0.3, 0.4) is 0 Å². The quantitative estimate of drug-likeness (QED) is 0.119. The second-order valence-corrected chi connectivity index (χ2v) is 19.7. The van der Waals surface area contributed by atoms with Gasteiger partial charge in [-0.2, -0.15) is 0 Å². The number of carbonyl (C=O) groups excluding carboxylic acids is 2. The summed E-state index contributed by atoms with van der Waals surface area (Å²) in [6.07, 6.45) is 9.22. The molecule has 318 valence electrons. The van der Waals surface area contributed by atoms with E-state index in [0.29, 0.717) is 36.5 Å². The van der Waals surface area contributed by atoms with Crippen molar-refractivity contribution < 1.29 is 23.3 Å². The normalized spacial score (nSPS) is 25.8. The Kier molecular flexibility index (Phi) is 17.6. The van der Waals surface area contributed by atoms with E-state index in [-0.39, 0.29) is 28.6 Å². The third-order valence-corrected chi connectivity index (χ3v) is 14.2. The highest BCUT2D eigenvalue weighted by Gasteiger charge is 2.40. The number of nitrogens with one attached hydrogen (secondary N) is 3. The molecular formula is C45H70ClN5O5S. The summed E-state index contributed by atoms with van der Waals surface area (Å²) in [6.45, 7) is 20.8. The minimum atomic E-state index is -1.51. The van der Waals surface area contributed by atoms with Crippen LogP contribution in [0.5, 0.6) is 5.75 Å². The van der Waals surface area contributed by atoms with Crippen LogP contribution < -0.4 is 25.0 Å². The summed E-state index contributed by atoms with van der Waals surface area (Å²) < 4.78 is 29.2. The molecule has 1 aliphatic carbocycles. The fourth-order valence-electron chi connectivity index (χ4n) is 8.89. The SMILES string of the molecule is CCCc1cc(Cl)ccc1C1COc2ccc3cc2N(C1)CC1CCC1C(CN(CCCOC(C)(C)C)CCNCCNC=O)CCCC(C)C(C)S(=O)NC3=O. The van der Waals surface area contributed by atoms with E-state index in [0.717, 1.165) is 114 Å². The highest BCUT2D eigenvalue weighted by atomic mass is 35.5. The number of halogens is 1. The molecule has 2 heterocycles. The van der Waals surface area contributed by atoms with E-state index in [9.17, 15) is 13.8 Å². The first-order valence-corrected chi connectivity index (χ1v) is 23.2. The molecule has 5 rings (SSSR count). The predicted octanol–water partition coefficient (Wildman–Crippen LogP) is 7.36. The Morgan fingerprint density at radius 3 is 2.61 bits per heavy atom. The summed E-state index contributed by atoms with van der Waals surface area (Å²) in [6, 6.07) is 12.0. The number of hydrogen-bond acceptors (Lipinski definition) is 8. The second-order valence-electron chi connectivity index (χ2n) is 17.7. The van der Waals surface area contributed by atoms with Gasteiger partial charge in [-0.3, -0.25) is 14.3 Å². The second kappa shape index (κ2) is 22.1. The Morgan fingerprint density at radius 2 is 1.88 bits per heavy atom. The number of aryl methyl sites for hydroxylation is 1. The summed E-state index contributed by atoms with van der Waals surface area (Å²) in [4.78, 5) is 29.5. The zero-order chi connectivity index (χ0) is 41.0. The third-order valence-electron chi connectivity index (χ3n) is 12.4. The highest BCUT2D eigenvalue weighted by molar-refractivity contribution is 7.84. The Labute approximate surface area is 350 Å². The lowest BCUT2D eigenvalue weighted by Gasteiger charge is -2.46. The van der Waals surface area contributed by atoms with E-state index in [4.69, 9.17) is 21.1 Å². The Balaban J connectivity index is 1.44.